The quantitative estimate of drug-likeness (QED) is 0.252. The van der Waals surface area contributed by atoms with E-state index in [1.807, 2.05) is 12.1 Å². The van der Waals surface area contributed by atoms with Gasteiger partial charge in [-0.15, -0.1) is 0 Å². The number of ether oxygens (including phenoxy) is 2. The molecule has 1 fully saturated rings. The molecule has 0 amide bonds. The van der Waals surface area contributed by atoms with E-state index in [4.69, 9.17) is 9.47 Å². The van der Waals surface area contributed by atoms with E-state index < -0.39 is 4.92 Å². The molecule has 0 aromatic heterocycles. The second-order valence-corrected chi connectivity index (χ2v) is 7.49. The Morgan fingerprint density at radius 1 is 1.06 bits per heavy atom. The maximum absolute atomic E-state index is 10.8. The van der Waals surface area contributed by atoms with Gasteiger partial charge >= 0.3 is 0 Å². The summed E-state index contributed by atoms with van der Waals surface area (Å²) in [6, 6.07) is 14.5. The highest BCUT2D eigenvalue weighted by molar-refractivity contribution is 5.79. The third kappa shape index (κ3) is 7.82. The van der Waals surface area contributed by atoms with E-state index >= 15 is 0 Å². The summed E-state index contributed by atoms with van der Waals surface area (Å²) in [6.45, 7) is 6.31. The van der Waals surface area contributed by atoms with E-state index in [0.717, 1.165) is 69.6 Å². The third-order valence-electron chi connectivity index (χ3n) is 5.26. The lowest BCUT2D eigenvalue weighted by molar-refractivity contribution is -0.384. The van der Waals surface area contributed by atoms with Crippen molar-refractivity contribution in [3.05, 3.63) is 69.8 Å². The van der Waals surface area contributed by atoms with Crippen molar-refractivity contribution in [1.82, 2.24) is 15.5 Å². The summed E-state index contributed by atoms with van der Waals surface area (Å²) >= 11 is 0. The molecule has 0 atom stereocenters. The Kier molecular flexibility index (Phi) is 9.27. The minimum absolute atomic E-state index is 0.0826. The van der Waals surface area contributed by atoms with Gasteiger partial charge in [0.2, 0.25) is 0 Å². The molecular weight excluding hydrogens is 410 g/mol. The average molecular weight is 442 g/mol. The van der Waals surface area contributed by atoms with Gasteiger partial charge in [0.1, 0.15) is 5.75 Å². The highest BCUT2D eigenvalue weighted by Gasteiger charge is 2.10. The molecule has 1 aliphatic heterocycles. The Morgan fingerprint density at radius 2 is 1.72 bits per heavy atom. The number of non-ortho nitro benzene ring substituents is 1. The lowest BCUT2D eigenvalue weighted by Crippen LogP contribution is -2.44. The first kappa shape index (κ1) is 23.5. The number of aliphatic imine (C=N–C) groups is 1. The van der Waals surface area contributed by atoms with Gasteiger partial charge in [-0.2, -0.15) is 0 Å². The first-order chi connectivity index (χ1) is 15.6. The number of benzene rings is 2. The van der Waals surface area contributed by atoms with Gasteiger partial charge in [0.05, 0.1) is 31.8 Å². The van der Waals surface area contributed by atoms with Crippen LogP contribution in [-0.4, -0.2) is 68.8 Å². The van der Waals surface area contributed by atoms with E-state index in [-0.39, 0.29) is 5.69 Å². The van der Waals surface area contributed by atoms with Gasteiger partial charge in [0.15, 0.2) is 5.96 Å². The van der Waals surface area contributed by atoms with Crippen molar-refractivity contribution in [1.29, 1.82) is 0 Å². The predicted molar refractivity (Wildman–Crippen MR) is 124 cm³/mol. The van der Waals surface area contributed by atoms with E-state index in [9.17, 15) is 10.1 Å². The van der Waals surface area contributed by atoms with Crippen LogP contribution in [0.1, 0.15) is 11.1 Å². The lowest BCUT2D eigenvalue weighted by Gasteiger charge is -2.26. The molecule has 1 aliphatic rings. The van der Waals surface area contributed by atoms with Gasteiger partial charge in [0.25, 0.3) is 5.69 Å². The van der Waals surface area contributed by atoms with Crippen LogP contribution in [0, 0.1) is 10.1 Å². The predicted octanol–water partition coefficient (Wildman–Crippen LogP) is 2.21. The first-order valence-corrected chi connectivity index (χ1v) is 10.8. The lowest BCUT2D eigenvalue weighted by atomic mass is 10.1. The largest absolute Gasteiger partial charge is 0.497 e. The van der Waals surface area contributed by atoms with Crippen molar-refractivity contribution >= 4 is 11.6 Å². The van der Waals surface area contributed by atoms with Crippen LogP contribution in [0.2, 0.25) is 0 Å². The zero-order valence-electron chi connectivity index (χ0n) is 18.5. The van der Waals surface area contributed by atoms with Crippen LogP contribution >= 0.6 is 0 Å². The van der Waals surface area contributed by atoms with Gasteiger partial charge in [-0.25, -0.2) is 4.99 Å². The van der Waals surface area contributed by atoms with Crippen molar-refractivity contribution in [3.8, 4) is 5.75 Å². The fourth-order valence-electron chi connectivity index (χ4n) is 3.34. The SMILES string of the molecule is COc1ccc(CCNC(=NCc2ccc([N+](=O)[O-])cc2)NCCN2CCOCC2)cc1. The molecule has 0 bridgehead atoms. The summed E-state index contributed by atoms with van der Waals surface area (Å²) in [5.41, 5.74) is 2.21. The molecule has 9 nitrogen and oxygen atoms in total. The number of nitro groups is 1. The molecule has 0 unspecified atom stereocenters. The minimum Gasteiger partial charge on any atom is -0.497 e. The normalized spacial score (nSPS) is 14.7. The summed E-state index contributed by atoms with van der Waals surface area (Å²) in [5.74, 6) is 1.57. The molecule has 0 saturated carbocycles. The number of nitrogens with zero attached hydrogens (tertiary/aromatic N) is 3. The van der Waals surface area contributed by atoms with E-state index in [2.05, 4.69) is 32.7 Å². The fourth-order valence-corrected chi connectivity index (χ4v) is 3.34. The van der Waals surface area contributed by atoms with Crippen molar-refractivity contribution in [2.24, 2.45) is 4.99 Å². The topological polar surface area (TPSA) is 101 Å². The van der Waals surface area contributed by atoms with Gasteiger partial charge in [-0.1, -0.05) is 24.3 Å². The van der Waals surface area contributed by atoms with Crippen LogP contribution in [0.3, 0.4) is 0 Å². The minimum atomic E-state index is -0.396. The number of nitro benzene ring substituents is 1. The molecule has 1 heterocycles. The number of rotatable bonds is 10. The van der Waals surface area contributed by atoms with Gasteiger partial charge in [0, 0.05) is 44.9 Å². The number of morpholine rings is 1. The molecule has 2 aromatic rings. The van der Waals surface area contributed by atoms with Crippen LogP contribution in [0.4, 0.5) is 5.69 Å². The molecular formula is C23H31N5O4. The summed E-state index contributed by atoms with van der Waals surface area (Å²) in [4.78, 5) is 17.5. The Morgan fingerprint density at radius 3 is 2.38 bits per heavy atom. The highest BCUT2D eigenvalue weighted by Crippen LogP contribution is 2.13. The Labute approximate surface area is 188 Å². The van der Waals surface area contributed by atoms with Gasteiger partial charge < -0.3 is 20.1 Å². The van der Waals surface area contributed by atoms with Crippen molar-refractivity contribution in [2.45, 2.75) is 13.0 Å². The molecule has 0 spiro atoms. The maximum Gasteiger partial charge on any atom is 0.269 e. The number of methoxy groups -OCH3 is 1. The van der Waals surface area contributed by atoms with Crippen molar-refractivity contribution < 1.29 is 14.4 Å². The van der Waals surface area contributed by atoms with Crippen LogP contribution in [-0.2, 0) is 17.7 Å². The van der Waals surface area contributed by atoms with Crippen LogP contribution < -0.4 is 15.4 Å². The van der Waals surface area contributed by atoms with Crippen LogP contribution in [0.5, 0.6) is 5.75 Å². The zero-order valence-corrected chi connectivity index (χ0v) is 18.5. The van der Waals surface area contributed by atoms with E-state index in [1.54, 1.807) is 19.2 Å². The monoisotopic (exact) mass is 441 g/mol. The molecule has 3 rings (SSSR count). The summed E-state index contributed by atoms with van der Waals surface area (Å²) in [6.07, 6.45) is 0.853. The van der Waals surface area contributed by atoms with Crippen molar-refractivity contribution in [3.63, 3.8) is 0 Å². The third-order valence-corrected chi connectivity index (χ3v) is 5.26. The second kappa shape index (κ2) is 12.6. The Hall–Kier alpha value is -3.17. The summed E-state index contributed by atoms with van der Waals surface area (Å²) in [7, 11) is 1.66. The molecule has 172 valence electrons. The van der Waals surface area contributed by atoms with Crippen LogP contribution in [0.25, 0.3) is 0 Å². The average Bonchev–Trinajstić information content (AvgIpc) is 2.83. The van der Waals surface area contributed by atoms with Gasteiger partial charge in [-0.3, -0.25) is 15.0 Å². The number of hydrogen-bond acceptors (Lipinski definition) is 6. The summed E-state index contributed by atoms with van der Waals surface area (Å²) < 4.78 is 10.6. The Balaban J connectivity index is 1.54. The number of hydrogen-bond donors (Lipinski definition) is 2. The zero-order chi connectivity index (χ0) is 22.6. The van der Waals surface area contributed by atoms with Gasteiger partial charge in [-0.05, 0) is 29.7 Å². The molecule has 0 aliphatic carbocycles. The second-order valence-electron chi connectivity index (χ2n) is 7.49. The molecule has 32 heavy (non-hydrogen) atoms. The molecule has 1 saturated heterocycles. The number of nitrogens with one attached hydrogen (secondary N) is 2. The molecule has 0 radical (unpaired) electrons. The fraction of sp³-hybridized carbons (Fsp3) is 0.435. The molecule has 2 N–H and O–H groups in total. The smallest absolute Gasteiger partial charge is 0.269 e. The van der Waals surface area contributed by atoms with Crippen LogP contribution in [0.15, 0.2) is 53.5 Å². The number of guanidine groups is 1. The first-order valence-electron chi connectivity index (χ1n) is 10.8. The summed E-state index contributed by atoms with van der Waals surface area (Å²) in [5, 5.41) is 17.6. The maximum atomic E-state index is 10.8. The Bertz CT molecular complexity index is 865. The standard InChI is InChI=1S/C23H31N5O4/c1-31-22-8-4-19(5-9-22)10-11-24-23(25-12-13-27-14-16-32-17-15-27)26-18-20-2-6-21(7-3-20)28(29)30/h2-9H,10-18H2,1H3,(H2,24,25,26). The highest BCUT2D eigenvalue weighted by atomic mass is 16.6. The molecule has 9 heteroatoms. The molecule has 2 aromatic carbocycles. The van der Waals surface area contributed by atoms with Crippen molar-refractivity contribution in [2.75, 3.05) is 53.0 Å². The van der Waals surface area contributed by atoms with E-state index in [0.29, 0.717) is 6.54 Å². The van der Waals surface area contributed by atoms with E-state index in [1.165, 1.54) is 17.7 Å².